The average Bonchev–Trinajstić information content (AvgIpc) is 3.38. The Kier molecular flexibility index (Phi) is 5.73. The van der Waals surface area contributed by atoms with Gasteiger partial charge < -0.3 is 4.74 Å². The Labute approximate surface area is 178 Å². The average molecular weight is 447 g/mol. The summed E-state index contributed by atoms with van der Waals surface area (Å²) < 4.78 is 31.3. The summed E-state index contributed by atoms with van der Waals surface area (Å²) in [7, 11) is 0. The molecule has 0 radical (unpaired) electrons. The molecule has 0 saturated heterocycles. The molecular formula is C20H13ClF2N4O2S. The van der Waals surface area contributed by atoms with E-state index < -0.39 is 12.5 Å². The third-order valence-electron chi connectivity index (χ3n) is 4.02. The molecule has 0 aliphatic carbocycles. The van der Waals surface area contributed by atoms with Crippen LogP contribution in [0.5, 0.6) is 5.75 Å². The van der Waals surface area contributed by atoms with Gasteiger partial charge in [0.2, 0.25) is 0 Å². The second kappa shape index (κ2) is 8.60. The van der Waals surface area contributed by atoms with Gasteiger partial charge in [0, 0.05) is 22.2 Å². The number of benzene rings is 2. The van der Waals surface area contributed by atoms with Crippen molar-refractivity contribution in [3.63, 3.8) is 0 Å². The number of carbonyl (C=O) groups is 1. The fourth-order valence-corrected chi connectivity index (χ4v) is 3.59. The molecule has 0 bridgehead atoms. The van der Waals surface area contributed by atoms with Crippen LogP contribution in [-0.2, 0) is 0 Å². The van der Waals surface area contributed by atoms with Gasteiger partial charge in [0.05, 0.1) is 23.1 Å². The summed E-state index contributed by atoms with van der Waals surface area (Å²) in [5.41, 5.74) is 1.87. The van der Waals surface area contributed by atoms with Gasteiger partial charge in [-0.2, -0.15) is 13.9 Å². The van der Waals surface area contributed by atoms with Crippen molar-refractivity contribution < 1.29 is 18.3 Å². The molecule has 0 aliphatic heterocycles. The lowest BCUT2D eigenvalue weighted by atomic mass is 10.1. The predicted octanol–water partition coefficient (Wildman–Crippen LogP) is 5.50. The molecule has 2 aromatic heterocycles. The number of amides is 1. The molecule has 152 valence electrons. The third-order valence-corrected chi connectivity index (χ3v) is 5.01. The number of nitrogens with zero attached hydrogens (tertiary/aromatic N) is 3. The molecule has 6 nitrogen and oxygen atoms in total. The minimum absolute atomic E-state index is 0.0125. The van der Waals surface area contributed by atoms with E-state index in [9.17, 15) is 13.6 Å². The van der Waals surface area contributed by atoms with Crippen molar-refractivity contribution in [1.29, 1.82) is 0 Å². The summed E-state index contributed by atoms with van der Waals surface area (Å²) in [4.78, 5) is 16.8. The zero-order valence-electron chi connectivity index (χ0n) is 15.1. The van der Waals surface area contributed by atoms with Crippen LogP contribution in [0.4, 0.5) is 13.9 Å². The number of aromatic nitrogens is 3. The highest BCUT2D eigenvalue weighted by Gasteiger charge is 2.16. The number of rotatable bonds is 6. The van der Waals surface area contributed by atoms with Crippen LogP contribution in [0.1, 0.15) is 10.4 Å². The standard InChI is InChI=1S/C20H13ClF2N4O2S/c21-13-4-3-5-14(8-13)27-10-12(9-24-27)18(28)26-20-25-16(11-30-20)15-6-1-2-7-17(15)29-19(22)23/h1-11,19H,(H,25,26,28). The van der Waals surface area contributed by atoms with E-state index in [0.29, 0.717) is 32.7 Å². The van der Waals surface area contributed by atoms with Gasteiger partial charge in [0.25, 0.3) is 5.91 Å². The minimum Gasteiger partial charge on any atom is -0.434 e. The molecular weight excluding hydrogens is 434 g/mol. The van der Waals surface area contributed by atoms with Gasteiger partial charge in [-0.1, -0.05) is 29.8 Å². The minimum atomic E-state index is -2.94. The van der Waals surface area contributed by atoms with E-state index >= 15 is 0 Å². The fraction of sp³-hybridized carbons (Fsp3) is 0.0500. The molecule has 4 aromatic rings. The molecule has 0 atom stereocenters. The number of thiazole rings is 1. The van der Waals surface area contributed by atoms with Gasteiger partial charge in [0.15, 0.2) is 5.13 Å². The lowest BCUT2D eigenvalue weighted by molar-refractivity contribution is -0.0494. The number of anilines is 1. The van der Waals surface area contributed by atoms with Crippen LogP contribution in [0.2, 0.25) is 5.02 Å². The first kappa shape index (κ1) is 20.0. The van der Waals surface area contributed by atoms with Crippen LogP contribution >= 0.6 is 22.9 Å². The Morgan fingerprint density at radius 2 is 2.03 bits per heavy atom. The van der Waals surface area contributed by atoms with Crippen LogP contribution in [-0.4, -0.2) is 27.3 Å². The second-order valence-corrected chi connectivity index (χ2v) is 7.31. The number of halogens is 3. The quantitative estimate of drug-likeness (QED) is 0.424. The topological polar surface area (TPSA) is 69.0 Å². The summed E-state index contributed by atoms with van der Waals surface area (Å²) in [6, 6.07) is 13.4. The maximum Gasteiger partial charge on any atom is 0.387 e. The number of carbonyl (C=O) groups excluding carboxylic acids is 1. The first-order chi connectivity index (χ1) is 14.5. The lowest BCUT2D eigenvalue weighted by Crippen LogP contribution is -2.10. The summed E-state index contributed by atoms with van der Waals surface area (Å²) in [5, 5.41) is 9.38. The van der Waals surface area contributed by atoms with E-state index in [1.165, 1.54) is 28.3 Å². The fourth-order valence-electron chi connectivity index (χ4n) is 2.70. The van der Waals surface area contributed by atoms with E-state index in [1.54, 1.807) is 48.0 Å². The molecule has 4 rings (SSSR count). The number of ether oxygens (including phenoxy) is 1. The number of hydrogen-bond donors (Lipinski definition) is 1. The lowest BCUT2D eigenvalue weighted by Gasteiger charge is -2.08. The maximum atomic E-state index is 12.6. The molecule has 1 N–H and O–H groups in total. The van der Waals surface area contributed by atoms with Gasteiger partial charge in [-0.25, -0.2) is 9.67 Å². The second-order valence-electron chi connectivity index (χ2n) is 6.02. The number of para-hydroxylation sites is 1. The molecule has 1 amide bonds. The molecule has 0 spiro atoms. The van der Waals surface area contributed by atoms with Gasteiger partial charge in [-0.05, 0) is 30.3 Å². The highest BCUT2D eigenvalue weighted by atomic mass is 35.5. The maximum absolute atomic E-state index is 12.6. The first-order valence-corrected chi connectivity index (χ1v) is 9.87. The van der Waals surface area contributed by atoms with Crippen LogP contribution in [0.15, 0.2) is 66.3 Å². The van der Waals surface area contributed by atoms with Crippen molar-refractivity contribution >= 4 is 34.0 Å². The zero-order chi connectivity index (χ0) is 21.1. The summed E-state index contributed by atoms with van der Waals surface area (Å²) in [5.74, 6) is -0.389. The Morgan fingerprint density at radius 1 is 1.20 bits per heavy atom. The van der Waals surface area contributed by atoms with Crippen LogP contribution in [0, 0.1) is 0 Å². The van der Waals surface area contributed by atoms with Gasteiger partial charge in [-0.3, -0.25) is 10.1 Å². The smallest absolute Gasteiger partial charge is 0.387 e. The van der Waals surface area contributed by atoms with E-state index in [0.717, 1.165) is 0 Å². The van der Waals surface area contributed by atoms with Crippen LogP contribution in [0.3, 0.4) is 0 Å². The molecule has 0 aliphatic rings. The monoisotopic (exact) mass is 446 g/mol. The predicted molar refractivity (Wildman–Crippen MR) is 111 cm³/mol. The molecule has 30 heavy (non-hydrogen) atoms. The van der Waals surface area contributed by atoms with Crippen LogP contribution in [0.25, 0.3) is 16.9 Å². The van der Waals surface area contributed by atoms with Crippen molar-refractivity contribution in [3.05, 3.63) is 76.9 Å². The Hall–Kier alpha value is -3.30. The Morgan fingerprint density at radius 3 is 2.83 bits per heavy atom. The van der Waals surface area contributed by atoms with Gasteiger partial charge >= 0.3 is 6.61 Å². The van der Waals surface area contributed by atoms with Crippen molar-refractivity contribution in [1.82, 2.24) is 14.8 Å². The highest BCUT2D eigenvalue weighted by Crippen LogP contribution is 2.33. The Bertz CT molecular complexity index is 1190. The molecule has 10 heteroatoms. The zero-order valence-corrected chi connectivity index (χ0v) is 16.7. The largest absolute Gasteiger partial charge is 0.434 e. The van der Waals surface area contributed by atoms with E-state index in [1.807, 2.05) is 6.07 Å². The van der Waals surface area contributed by atoms with Crippen molar-refractivity contribution in [2.24, 2.45) is 0 Å². The number of alkyl halides is 2. The van der Waals surface area contributed by atoms with Crippen molar-refractivity contribution in [3.8, 4) is 22.7 Å². The van der Waals surface area contributed by atoms with Crippen LogP contribution < -0.4 is 10.1 Å². The molecule has 0 unspecified atom stereocenters. The summed E-state index contributed by atoms with van der Waals surface area (Å²) in [6.45, 7) is -2.94. The number of hydrogen-bond acceptors (Lipinski definition) is 5. The van der Waals surface area contributed by atoms with Crippen molar-refractivity contribution in [2.45, 2.75) is 6.61 Å². The van der Waals surface area contributed by atoms with Gasteiger partial charge in [-0.15, -0.1) is 11.3 Å². The van der Waals surface area contributed by atoms with E-state index in [2.05, 4.69) is 20.1 Å². The summed E-state index contributed by atoms with van der Waals surface area (Å²) >= 11 is 7.15. The molecule has 2 aromatic carbocycles. The summed E-state index contributed by atoms with van der Waals surface area (Å²) in [6.07, 6.45) is 3.00. The van der Waals surface area contributed by atoms with E-state index in [-0.39, 0.29) is 5.75 Å². The normalized spacial score (nSPS) is 10.9. The Balaban J connectivity index is 1.50. The van der Waals surface area contributed by atoms with Gasteiger partial charge in [0.1, 0.15) is 5.75 Å². The molecule has 2 heterocycles. The SMILES string of the molecule is O=C(Nc1nc(-c2ccccc2OC(F)F)cs1)c1cnn(-c2cccc(Cl)c2)c1. The highest BCUT2D eigenvalue weighted by molar-refractivity contribution is 7.14. The van der Waals surface area contributed by atoms with E-state index in [4.69, 9.17) is 11.6 Å². The third kappa shape index (κ3) is 4.47. The number of nitrogens with one attached hydrogen (secondary N) is 1. The molecule has 0 fully saturated rings. The first-order valence-electron chi connectivity index (χ1n) is 8.61. The molecule has 0 saturated carbocycles. The van der Waals surface area contributed by atoms with Crippen molar-refractivity contribution in [2.75, 3.05) is 5.32 Å².